The Labute approximate surface area is 138 Å². The minimum absolute atomic E-state index is 0.570. The SMILES string of the molecule is COCCNCCc1nnc(Cc2ccc(Cl)c(Cl)c2)s1. The second-order valence-corrected chi connectivity index (χ2v) is 6.47. The predicted molar refractivity (Wildman–Crippen MR) is 87.6 cm³/mol. The molecule has 1 N–H and O–H groups in total. The van der Waals surface area contributed by atoms with Gasteiger partial charge in [-0.3, -0.25) is 0 Å². The van der Waals surface area contributed by atoms with Crippen molar-refractivity contribution in [3.8, 4) is 0 Å². The summed E-state index contributed by atoms with van der Waals surface area (Å²) < 4.78 is 4.97. The Hall–Kier alpha value is -0.720. The van der Waals surface area contributed by atoms with E-state index in [4.69, 9.17) is 27.9 Å². The Morgan fingerprint density at radius 2 is 1.95 bits per heavy atom. The Balaban J connectivity index is 1.83. The number of halogens is 2. The molecule has 114 valence electrons. The molecule has 0 spiro atoms. The number of hydrogen-bond donors (Lipinski definition) is 1. The van der Waals surface area contributed by atoms with Crippen LogP contribution >= 0.6 is 34.5 Å². The standard InChI is InChI=1S/C14H17Cl2N3OS/c1-20-7-6-17-5-4-13-18-19-14(21-13)9-10-2-3-11(15)12(16)8-10/h2-3,8,17H,4-7,9H2,1H3. The summed E-state index contributed by atoms with van der Waals surface area (Å²) in [7, 11) is 1.70. The molecule has 21 heavy (non-hydrogen) atoms. The van der Waals surface area contributed by atoms with Crippen LogP contribution < -0.4 is 5.32 Å². The van der Waals surface area contributed by atoms with E-state index in [0.717, 1.165) is 48.1 Å². The highest BCUT2D eigenvalue weighted by molar-refractivity contribution is 7.11. The van der Waals surface area contributed by atoms with Gasteiger partial charge in [-0.25, -0.2) is 0 Å². The van der Waals surface area contributed by atoms with Crippen molar-refractivity contribution in [2.24, 2.45) is 0 Å². The van der Waals surface area contributed by atoms with Crippen molar-refractivity contribution in [1.29, 1.82) is 0 Å². The maximum absolute atomic E-state index is 6.01. The van der Waals surface area contributed by atoms with Crippen LogP contribution in [0.15, 0.2) is 18.2 Å². The first kappa shape index (κ1) is 16.6. The molecule has 0 saturated carbocycles. The van der Waals surface area contributed by atoms with E-state index >= 15 is 0 Å². The van der Waals surface area contributed by atoms with Crippen LogP contribution in [0.2, 0.25) is 10.0 Å². The van der Waals surface area contributed by atoms with E-state index in [0.29, 0.717) is 10.0 Å². The molecule has 4 nitrogen and oxygen atoms in total. The fourth-order valence-corrected chi connectivity index (χ4v) is 2.98. The lowest BCUT2D eigenvalue weighted by Crippen LogP contribution is -2.21. The summed E-state index contributed by atoms with van der Waals surface area (Å²) in [6.45, 7) is 2.45. The molecule has 0 amide bonds. The van der Waals surface area contributed by atoms with Gasteiger partial charge >= 0.3 is 0 Å². The molecule has 7 heteroatoms. The number of ether oxygens (including phenoxy) is 1. The number of benzene rings is 1. The van der Waals surface area contributed by atoms with Crippen molar-refractivity contribution < 1.29 is 4.74 Å². The van der Waals surface area contributed by atoms with Crippen molar-refractivity contribution >= 4 is 34.5 Å². The number of nitrogens with one attached hydrogen (secondary N) is 1. The van der Waals surface area contributed by atoms with Crippen LogP contribution in [0.25, 0.3) is 0 Å². The molecule has 0 aliphatic heterocycles. The lowest BCUT2D eigenvalue weighted by atomic mass is 10.2. The number of nitrogens with zero attached hydrogens (tertiary/aromatic N) is 2. The van der Waals surface area contributed by atoms with Crippen molar-refractivity contribution in [2.45, 2.75) is 12.8 Å². The quantitative estimate of drug-likeness (QED) is 0.746. The maximum atomic E-state index is 6.01. The average Bonchev–Trinajstić information content (AvgIpc) is 2.90. The van der Waals surface area contributed by atoms with Gasteiger partial charge in [0.25, 0.3) is 0 Å². The molecule has 0 aliphatic carbocycles. The van der Waals surface area contributed by atoms with Crippen LogP contribution in [0.4, 0.5) is 0 Å². The third-order valence-corrected chi connectivity index (χ3v) is 4.57. The van der Waals surface area contributed by atoms with E-state index < -0.39 is 0 Å². The second-order valence-electron chi connectivity index (χ2n) is 4.51. The molecule has 0 radical (unpaired) electrons. The van der Waals surface area contributed by atoms with E-state index in [-0.39, 0.29) is 0 Å². The minimum Gasteiger partial charge on any atom is -0.383 e. The summed E-state index contributed by atoms with van der Waals surface area (Å²) in [5.74, 6) is 0. The van der Waals surface area contributed by atoms with Crippen molar-refractivity contribution in [3.63, 3.8) is 0 Å². The summed E-state index contributed by atoms with van der Waals surface area (Å²) in [5.41, 5.74) is 1.09. The molecule has 1 aromatic carbocycles. The van der Waals surface area contributed by atoms with Gasteiger partial charge in [0.15, 0.2) is 0 Å². The number of rotatable bonds is 8. The van der Waals surface area contributed by atoms with Crippen LogP contribution in [-0.2, 0) is 17.6 Å². The van der Waals surface area contributed by atoms with Gasteiger partial charge in [0, 0.05) is 33.0 Å². The first-order chi connectivity index (χ1) is 10.2. The van der Waals surface area contributed by atoms with Gasteiger partial charge in [0.1, 0.15) is 10.0 Å². The smallest absolute Gasteiger partial charge is 0.121 e. The number of hydrogen-bond acceptors (Lipinski definition) is 5. The first-order valence-corrected chi connectivity index (χ1v) is 8.21. The highest BCUT2D eigenvalue weighted by atomic mass is 35.5. The third kappa shape index (κ3) is 5.52. The molecule has 0 unspecified atom stereocenters. The molecule has 0 bridgehead atoms. The molecule has 2 rings (SSSR count). The van der Waals surface area contributed by atoms with Gasteiger partial charge in [-0.2, -0.15) is 0 Å². The van der Waals surface area contributed by atoms with E-state index in [1.165, 1.54) is 0 Å². The zero-order chi connectivity index (χ0) is 15.1. The van der Waals surface area contributed by atoms with Crippen LogP contribution in [0, 0.1) is 0 Å². The van der Waals surface area contributed by atoms with Gasteiger partial charge in [-0.15, -0.1) is 21.5 Å². The summed E-state index contributed by atoms with van der Waals surface area (Å²) in [6, 6.07) is 5.64. The van der Waals surface area contributed by atoms with Crippen LogP contribution in [-0.4, -0.2) is 37.0 Å². The van der Waals surface area contributed by atoms with Gasteiger partial charge in [-0.05, 0) is 17.7 Å². The molecule has 1 heterocycles. The van der Waals surface area contributed by atoms with E-state index in [1.54, 1.807) is 24.5 Å². The Morgan fingerprint density at radius 1 is 1.14 bits per heavy atom. The van der Waals surface area contributed by atoms with Crippen molar-refractivity contribution in [2.75, 3.05) is 26.8 Å². The second kappa shape index (κ2) is 8.66. The molecule has 1 aromatic heterocycles. The first-order valence-electron chi connectivity index (χ1n) is 6.64. The molecule has 2 aromatic rings. The largest absolute Gasteiger partial charge is 0.383 e. The monoisotopic (exact) mass is 345 g/mol. The lowest BCUT2D eigenvalue weighted by Gasteiger charge is -2.01. The van der Waals surface area contributed by atoms with Crippen molar-refractivity contribution in [3.05, 3.63) is 43.8 Å². The summed E-state index contributed by atoms with van der Waals surface area (Å²) >= 11 is 13.6. The molecule has 0 fully saturated rings. The van der Waals surface area contributed by atoms with Gasteiger partial charge in [0.05, 0.1) is 16.7 Å². The Morgan fingerprint density at radius 3 is 2.71 bits per heavy atom. The molecule has 0 saturated heterocycles. The Bertz CT molecular complexity index is 577. The summed E-state index contributed by atoms with van der Waals surface area (Å²) in [6.07, 6.45) is 1.61. The van der Waals surface area contributed by atoms with Crippen molar-refractivity contribution in [1.82, 2.24) is 15.5 Å². The lowest BCUT2D eigenvalue weighted by molar-refractivity contribution is 0.199. The average molecular weight is 346 g/mol. The highest BCUT2D eigenvalue weighted by Crippen LogP contribution is 2.24. The van der Waals surface area contributed by atoms with E-state index in [9.17, 15) is 0 Å². The van der Waals surface area contributed by atoms with Gasteiger partial charge in [-0.1, -0.05) is 29.3 Å². The number of methoxy groups -OCH3 is 1. The normalized spacial score (nSPS) is 11.0. The Kier molecular flexibility index (Phi) is 6.86. The fraction of sp³-hybridized carbons (Fsp3) is 0.429. The zero-order valence-electron chi connectivity index (χ0n) is 11.7. The van der Waals surface area contributed by atoms with Crippen LogP contribution in [0.5, 0.6) is 0 Å². The topological polar surface area (TPSA) is 47.0 Å². The maximum Gasteiger partial charge on any atom is 0.121 e. The van der Waals surface area contributed by atoms with E-state index in [2.05, 4.69) is 15.5 Å². The minimum atomic E-state index is 0.570. The zero-order valence-corrected chi connectivity index (χ0v) is 14.1. The van der Waals surface area contributed by atoms with Gasteiger partial charge < -0.3 is 10.1 Å². The summed E-state index contributed by atoms with van der Waals surface area (Å²) in [4.78, 5) is 0. The molecular formula is C14H17Cl2N3OS. The molecule has 0 aliphatic rings. The van der Waals surface area contributed by atoms with Crippen LogP contribution in [0.3, 0.4) is 0 Å². The van der Waals surface area contributed by atoms with Gasteiger partial charge in [0.2, 0.25) is 0 Å². The predicted octanol–water partition coefficient (Wildman–Crippen LogP) is 3.21. The third-order valence-electron chi connectivity index (χ3n) is 2.85. The number of aromatic nitrogens is 2. The summed E-state index contributed by atoms with van der Waals surface area (Å²) in [5, 5.41) is 14.9. The molecule has 0 atom stereocenters. The highest BCUT2D eigenvalue weighted by Gasteiger charge is 2.06. The van der Waals surface area contributed by atoms with E-state index in [1.807, 2.05) is 12.1 Å². The van der Waals surface area contributed by atoms with Crippen LogP contribution in [0.1, 0.15) is 15.6 Å². The fourth-order valence-electron chi connectivity index (χ4n) is 1.78. The molecular weight excluding hydrogens is 329 g/mol.